The molecule has 0 radical (unpaired) electrons. The molecule has 1 atom stereocenters. The predicted octanol–water partition coefficient (Wildman–Crippen LogP) is 6.05. The topological polar surface area (TPSA) is 219 Å². The van der Waals surface area contributed by atoms with E-state index in [4.69, 9.17) is 10.8 Å². The number of phenols is 4. The first-order valence-electron chi connectivity index (χ1n) is 15.0. The number of aromatic hydroxyl groups is 4. The molecule has 0 spiro atoms. The van der Waals surface area contributed by atoms with Gasteiger partial charge in [0.05, 0.1) is 18.0 Å². The Balaban J connectivity index is 0.000000195. The number of thiazole rings is 2. The van der Waals surface area contributed by atoms with E-state index in [0.29, 0.717) is 49.3 Å². The first-order chi connectivity index (χ1) is 24.0. The highest BCUT2D eigenvalue weighted by molar-refractivity contribution is 7.14. The zero-order valence-electron chi connectivity index (χ0n) is 26.4. The number of aromatic nitrogens is 2. The molecule has 0 aliphatic heterocycles. The van der Waals surface area contributed by atoms with Crippen molar-refractivity contribution in [2.24, 2.45) is 5.73 Å². The largest absolute Gasteiger partial charge is 0.508 e. The van der Waals surface area contributed by atoms with Crippen LogP contribution < -0.4 is 11.1 Å². The van der Waals surface area contributed by atoms with Gasteiger partial charge in [0, 0.05) is 63.2 Å². The monoisotopic (exact) mass is 712 g/mol. The molecule has 14 heteroatoms. The van der Waals surface area contributed by atoms with Crippen molar-refractivity contribution in [2.45, 2.75) is 19.4 Å². The van der Waals surface area contributed by atoms with Crippen LogP contribution in [0.5, 0.6) is 23.0 Å². The van der Waals surface area contributed by atoms with Gasteiger partial charge >= 0.3 is 0 Å². The second-order valence-electron chi connectivity index (χ2n) is 11.0. The van der Waals surface area contributed by atoms with Gasteiger partial charge in [0.25, 0.3) is 5.91 Å². The normalized spacial score (nSPS) is 11.3. The lowest BCUT2D eigenvalue weighted by Crippen LogP contribution is -2.13. The van der Waals surface area contributed by atoms with Crippen LogP contribution >= 0.6 is 22.7 Å². The van der Waals surface area contributed by atoms with Gasteiger partial charge in [-0.15, -0.1) is 22.7 Å². The minimum atomic E-state index is -0.563. The number of phenolic OH excluding ortho intramolecular Hbond substituents is 4. The van der Waals surface area contributed by atoms with Crippen molar-refractivity contribution in [2.75, 3.05) is 11.9 Å². The zero-order valence-corrected chi connectivity index (χ0v) is 28.1. The number of hydrogen-bond donors (Lipinski definition) is 8. The van der Waals surface area contributed by atoms with E-state index in [1.165, 1.54) is 46.9 Å². The molecule has 4 aromatic carbocycles. The summed E-state index contributed by atoms with van der Waals surface area (Å²) in [6.45, 7) is 1.79. The Morgan fingerprint density at radius 3 is 1.92 bits per heavy atom. The fourth-order valence-electron chi connectivity index (χ4n) is 4.75. The highest BCUT2D eigenvalue weighted by atomic mass is 32.1. The molecule has 0 aliphatic carbocycles. The van der Waals surface area contributed by atoms with Crippen LogP contribution in [0.3, 0.4) is 0 Å². The lowest BCUT2D eigenvalue weighted by Gasteiger charge is -2.12. The van der Waals surface area contributed by atoms with E-state index < -0.39 is 5.91 Å². The first-order valence-corrected chi connectivity index (χ1v) is 16.7. The predicted molar refractivity (Wildman–Crippen MR) is 192 cm³/mol. The molecule has 6 rings (SSSR count). The SMILES string of the molecule is CC(CO)c1ccc(C(N)=O)c(-c2nc(-c3ccc(O)cc3O)cs2)c1.O=C(Nc1nc(-c2ccc(O)cc2O)cs1)c1ccc(CO)cc1. The van der Waals surface area contributed by atoms with Crippen molar-refractivity contribution >= 4 is 39.6 Å². The quantitative estimate of drug-likeness (QED) is 0.0867. The molecular formula is C36H32N4O8S2. The van der Waals surface area contributed by atoms with Crippen LogP contribution in [0.25, 0.3) is 33.1 Å². The van der Waals surface area contributed by atoms with Crippen molar-refractivity contribution in [3.05, 3.63) is 112 Å². The van der Waals surface area contributed by atoms with Gasteiger partial charge in [-0.2, -0.15) is 0 Å². The summed E-state index contributed by atoms with van der Waals surface area (Å²) in [5.74, 6) is -1.20. The number of rotatable bonds is 9. The molecule has 0 aliphatic rings. The summed E-state index contributed by atoms with van der Waals surface area (Å²) in [5.41, 5.74) is 10.5. The highest BCUT2D eigenvalue weighted by Gasteiger charge is 2.18. The van der Waals surface area contributed by atoms with Crippen molar-refractivity contribution < 1.29 is 40.2 Å². The van der Waals surface area contributed by atoms with E-state index in [1.807, 2.05) is 6.92 Å². The number of nitrogens with zero attached hydrogens (tertiary/aromatic N) is 2. The second kappa shape index (κ2) is 15.6. The number of carbonyl (C=O) groups is 2. The molecule has 0 fully saturated rings. The molecule has 0 saturated carbocycles. The van der Waals surface area contributed by atoms with Gasteiger partial charge in [-0.3, -0.25) is 14.9 Å². The van der Waals surface area contributed by atoms with Crippen LogP contribution in [0.1, 0.15) is 44.7 Å². The van der Waals surface area contributed by atoms with Gasteiger partial charge < -0.3 is 36.4 Å². The molecule has 1 unspecified atom stereocenters. The Hall–Kier alpha value is -5.80. The van der Waals surface area contributed by atoms with Crippen LogP contribution in [0.4, 0.5) is 5.13 Å². The summed E-state index contributed by atoms with van der Waals surface area (Å²) in [6.07, 6.45) is 0. The van der Waals surface area contributed by atoms with Crippen molar-refractivity contribution in [3.8, 4) is 56.1 Å². The molecule has 0 bridgehead atoms. The van der Waals surface area contributed by atoms with E-state index in [0.717, 1.165) is 11.1 Å². The van der Waals surface area contributed by atoms with Gasteiger partial charge in [0.2, 0.25) is 5.91 Å². The van der Waals surface area contributed by atoms with Crippen LogP contribution in [-0.4, -0.2) is 59.0 Å². The summed E-state index contributed by atoms with van der Waals surface area (Å²) < 4.78 is 0. The third-order valence-corrected chi connectivity index (χ3v) is 9.16. The number of anilines is 1. The van der Waals surface area contributed by atoms with Crippen LogP contribution in [0.2, 0.25) is 0 Å². The van der Waals surface area contributed by atoms with Crippen LogP contribution in [0.15, 0.2) is 89.6 Å². The van der Waals surface area contributed by atoms with Gasteiger partial charge in [0.15, 0.2) is 5.13 Å². The summed E-state index contributed by atoms with van der Waals surface area (Å²) in [6, 6.07) is 20.3. The van der Waals surface area contributed by atoms with Gasteiger partial charge in [0.1, 0.15) is 28.0 Å². The van der Waals surface area contributed by atoms with Crippen LogP contribution in [-0.2, 0) is 6.61 Å². The van der Waals surface area contributed by atoms with Gasteiger partial charge in [-0.1, -0.05) is 25.1 Å². The Labute approximate surface area is 294 Å². The standard InChI is InChI=1S/C19H18N2O4S.C17H14N2O4S/c1-10(8-22)11-2-4-13(18(20)25)15(6-11)19-21-16(9-26-19)14-5-3-12(23)7-17(14)24;20-8-10-1-3-11(4-2-10)16(23)19-17-18-14(9-24-17)13-6-5-12(21)7-15(13)22/h2-7,9-10,22-24H,8H2,1H3,(H2,20,25);1-7,9,20-22H,8H2,(H,18,19,23). The number of carbonyl (C=O) groups excluding carboxylic acids is 2. The molecule has 2 heterocycles. The minimum Gasteiger partial charge on any atom is -0.508 e. The van der Waals surface area contributed by atoms with Crippen LogP contribution in [0, 0.1) is 0 Å². The maximum Gasteiger partial charge on any atom is 0.257 e. The van der Waals surface area contributed by atoms with Crippen molar-refractivity contribution in [3.63, 3.8) is 0 Å². The zero-order chi connectivity index (χ0) is 35.9. The Kier molecular flexibility index (Phi) is 11.1. The number of aliphatic hydroxyl groups excluding tert-OH is 2. The fourth-order valence-corrected chi connectivity index (χ4v) is 6.30. The number of amides is 2. The lowest BCUT2D eigenvalue weighted by atomic mass is 9.96. The van der Waals surface area contributed by atoms with E-state index in [2.05, 4.69) is 15.3 Å². The van der Waals surface area contributed by atoms with Gasteiger partial charge in [-0.05, 0) is 59.7 Å². The average molecular weight is 713 g/mol. The second-order valence-corrected chi connectivity index (χ2v) is 12.8. The van der Waals surface area contributed by atoms with Crippen molar-refractivity contribution in [1.29, 1.82) is 0 Å². The van der Waals surface area contributed by atoms with E-state index >= 15 is 0 Å². The molecule has 9 N–H and O–H groups in total. The summed E-state index contributed by atoms with van der Waals surface area (Å²) >= 11 is 2.55. The Morgan fingerprint density at radius 2 is 1.36 bits per heavy atom. The molecular weight excluding hydrogens is 681 g/mol. The first kappa shape index (κ1) is 35.5. The number of benzene rings is 4. The molecule has 50 heavy (non-hydrogen) atoms. The number of nitrogens with two attached hydrogens (primary N) is 1. The fraction of sp³-hybridized carbons (Fsp3) is 0.111. The van der Waals surface area contributed by atoms with E-state index in [-0.39, 0.29) is 48.0 Å². The van der Waals surface area contributed by atoms with E-state index in [1.54, 1.807) is 65.4 Å². The molecule has 256 valence electrons. The number of nitrogens with one attached hydrogen (secondary N) is 1. The minimum absolute atomic E-state index is 0.0140. The van der Waals surface area contributed by atoms with E-state index in [9.17, 15) is 35.1 Å². The highest BCUT2D eigenvalue weighted by Crippen LogP contribution is 2.37. The molecule has 0 saturated heterocycles. The summed E-state index contributed by atoms with van der Waals surface area (Å²) in [7, 11) is 0. The lowest BCUT2D eigenvalue weighted by molar-refractivity contribution is 0.0998. The molecule has 2 amide bonds. The maximum absolute atomic E-state index is 12.2. The molecule has 12 nitrogen and oxygen atoms in total. The summed E-state index contributed by atoms with van der Waals surface area (Å²) in [4.78, 5) is 32.8. The smallest absolute Gasteiger partial charge is 0.257 e. The van der Waals surface area contributed by atoms with Crippen molar-refractivity contribution in [1.82, 2.24) is 9.97 Å². The summed E-state index contributed by atoms with van der Waals surface area (Å²) in [5, 5.41) is 64.1. The molecule has 6 aromatic rings. The third-order valence-electron chi connectivity index (χ3n) is 7.52. The maximum atomic E-state index is 12.2. The number of hydrogen-bond acceptors (Lipinski definition) is 12. The average Bonchev–Trinajstić information content (AvgIpc) is 3.78. The number of aliphatic hydroxyl groups is 2. The number of primary amides is 1. The van der Waals surface area contributed by atoms with Gasteiger partial charge in [-0.25, -0.2) is 9.97 Å². The Bertz CT molecular complexity index is 2150. The molecule has 2 aromatic heterocycles. The Morgan fingerprint density at radius 1 is 0.760 bits per heavy atom. The third kappa shape index (κ3) is 8.25.